The molecule has 2 aromatic carbocycles. The smallest absolute Gasteiger partial charge is 0.216 e. The number of methoxy groups -OCH3 is 1. The Hall–Kier alpha value is -2.45. The van der Waals surface area contributed by atoms with Crippen molar-refractivity contribution in [2.24, 2.45) is 4.99 Å². The van der Waals surface area contributed by atoms with Crippen LogP contribution in [0.2, 0.25) is 0 Å². The van der Waals surface area contributed by atoms with Gasteiger partial charge < -0.3 is 28.4 Å². The van der Waals surface area contributed by atoms with Crippen LogP contribution in [0.25, 0.3) is 0 Å². The van der Waals surface area contributed by atoms with Crippen molar-refractivity contribution in [3.05, 3.63) is 65.7 Å². The van der Waals surface area contributed by atoms with Gasteiger partial charge in [0.05, 0.1) is 20.3 Å². The SMILES string of the molecule is COc1ccc(C2=NC[C@@H]([C@H]3O[C@@H]4OC(C)(C)O[C@@H]4[C@H]3OCc3ccccc3)O2)cc1. The van der Waals surface area contributed by atoms with Crippen molar-refractivity contribution in [2.75, 3.05) is 13.7 Å². The zero-order valence-electron chi connectivity index (χ0n) is 17.9. The minimum Gasteiger partial charge on any atom is -0.497 e. The maximum Gasteiger partial charge on any atom is 0.216 e. The van der Waals surface area contributed by atoms with Crippen molar-refractivity contribution in [1.82, 2.24) is 0 Å². The molecule has 2 saturated heterocycles. The normalized spacial score (nSPS) is 31.2. The van der Waals surface area contributed by atoms with E-state index in [-0.39, 0.29) is 24.4 Å². The van der Waals surface area contributed by atoms with Gasteiger partial charge in [0.1, 0.15) is 30.2 Å². The van der Waals surface area contributed by atoms with Crippen LogP contribution in [0.15, 0.2) is 59.6 Å². The molecule has 0 N–H and O–H groups in total. The summed E-state index contributed by atoms with van der Waals surface area (Å²) in [7, 11) is 1.64. The highest BCUT2D eigenvalue weighted by molar-refractivity contribution is 5.95. The lowest BCUT2D eigenvalue weighted by molar-refractivity contribution is -0.227. The lowest BCUT2D eigenvalue weighted by atomic mass is 10.1. The van der Waals surface area contributed by atoms with E-state index in [0.717, 1.165) is 16.9 Å². The van der Waals surface area contributed by atoms with Crippen molar-refractivity contribution in [3.63, 3.8) is 0 Å². The Morgan fingerprint density at radius 3 is 2.52 bits per heavy atom. The van der Waals surface area contributed by atoms with Crippen LogP contribution in [0.3, 0.4) is 0 Å². The van der Waals surface area contributed by atoms with Crippen LogP contribution >= 0.6 is 0 Å². The number of ether oxygens (including phenoxy) is 6. The third kappa shape index (κ3) is 4.19. The summed E-state index contributed by atoms with van der Waals surface area (Å²) in [5.41, 5.74) is 1.99. The molecule has 2 fully saturated rings. The minimum absolute atomic E-state index is 0.279. The molecule has 31 heavy (non-hydrogen) atoms. The van der Waals surface area contributed by atoms with Crippen molar-refractivity contribution in [1.29, 1.82) is 0 Å². The Bertz CT molecular complexity index is 929. The lowest BCUT2D eigenvalue weighted by Gasteiger charge is -2.28. The molecule has 0 amide bonds. The van der Waals surface area contributed by atoms with Crippen LogP contribution in [-0.2, 0) is 30.3 Å². The quantitative estimate of drug-likeness (QED) is 0.708. The molecule has 2 aromatic rings. The molecule has 164 valence electrons. The summed E-state index contributed by atoms with van der Waals surface area (Å²) in [6.07, 6.45) is -1.78. The van der Waals surface area contributed by atoms with Gasteiger partial charge in [-0.1, -0.05) is 30.3 Å². The largest absolute Gasteiger partial charge is 0.497 e. The Balaban J connectivity index is 1.30. The summed E-state index contributed by atoms with van der Waals surface area (Å²) in [5, 5.41) is 0. The van der Waals surface area contributed by atoms with Gasteiger partial charge in [-0.15, -0.1) is 0 Å². The number of nitrogens with zero attached hydrogens (tertiary/aromatic N) is 1. The number of fused-ring (bicyclic) bond motifs is 1. The first-order chi connectivity index (χ1) is 15.0. The van der Waals surface area contributed by atoms with E-state index in [0.29, 0.717) is 19.0 Å². The molecule has 0 unspecified atom stereocenters. The predicted octanol–water partition coefficient (Wildman–Crippen LogP) is 3.30. The van der Waals surface area contributed by atoms with Gasteiger partial charge in [0.2, 0.25) is 5.90 Å². The van der Waals surface area contributed by atoms with Crippen LogP contribution in [0, 0.1) is 0 Å². The lowest BCUT2D eigenvalue weighted by Crippen LogP contribution is -2.44. The van der Waals surface area contributed by atoms with Crippen LogP contribution in [0.4, 0.5) is 0 Å². The summed E-state index contributed by atoms with van der Waals surface area (Å²) in [5.74, 6) is 0.671. The molecule has 3 aliphatic rings. The van der Waals surface area contributed by atoms with Gasteiger partial charge >= 0.3 is 0 Å². The number of rotatable bonds is 6. The van der Waals surface area contributed by atoms with Crippen LogP contribution in [-0.4, -0.2) is 56.0 Å². The Kier molecular flexibility index (Phi) is 5.44. The van der Waals surface area contributed by atoms with Crippen LogP contribution in [0.1, 0.15) is 25.0 Å². The fourth-order valence-electron chi connectivity index (χ4n) is 4.21. The van der Waals surface area contributed by atoms with E-state index in [1.54, 1.807) is 7.11 Å². The standard InChI is InChI=1S/C24H27NO6/c1-24(2)30-21-20(27-14-15-7-5-4-6-8-15)19(29-23(21)31-24)18-13-25-22(28-18)16-9-11-17(26-3)12-10-16/h4-12,18-21,23H,13-14H2,1-3H3/t18-,19+,20-,21+,23+/m0/s1. The first kappa shape index (κ1) is 20.5. The summed E-state index contributed by atoms with van der Waals surface area (Å²) in [6.45, 7) is 4.71. The fraction of sp³-hybridized carbons (Fsp3) is 0.458. The fourth-order valence-corrected chi connectivity index (χ4v) is 4.21. The van der Waals surface area contributed by atoms with Crippen LogP contribution in [0.5, 0.6) is 5.75 Å². The molecule has 0 saturated carbocycles. The van der Waals surface area contributed by atoms with Crippen molar-refractivity contribution in [3.8, 4) is 5.75 Å². The second-order valence-corrected chi connectivity index (χ2v) is 8.36. The second kappa shape index (κ2) is 8.24. The Morgan fingerprint density at radius 1 is 1.00 bits per heavy atom. The van der Waals surface area contributed by atoms with Crippen molar-refractivity contribution < 1.29 is 28.4 Å². The molecule has 7 heteroatoms. The minimum atomic E-state index is -0.712. The Morgan fingerprint density at radius 2 is 1.77 bits per heavy atom. The van der Waals surface area contributed by atoms with Crippen LogP contribution < -0.4 is 4.74 Å². The highest BCUT2D eigenvalue weighted by Crippen LogP contribution is 2.41. The van der Waals surface area contributed by atoms with E-state index in [4.69, 9.17) is 28.4 Å². The van der Waals surface area contributed by atoms with Gasteiger partial charge in [0.25, 0.3) is 0 Å². The van der Waals surface area contributed by atoms with Gasteiger partial charge in [-0.25, -0.2) is 4.99 Å². The predicted molar refractivity (Wildman–Crippen MR) is 113 cm³/mol. The van der Waals surface area contributed by atoms with Gasteiger partial charge in [0, 0.05) is 5.56 Å². The Labute approximate surface area is 181 Å². The monoisotopic (exact) mass is 425 g/mol. The molecule has 0 radical (unpaired) electrons. The van der Waals surface area contributed by atoms with E-state index in [1.165, 1.54) is 0 Å². The summed E-state index contributed by atoms with van der Waals surface area (Å²) in [6, 6.07) is 17.7. The third-order valence-corrected chi connectivity index (χ3v) is 5.69. The number of aliphatic imine (C=N–C) groups is 1. The second-order valence-electron chi connectivity index (χ2n) is 8.36. The molecule has 5 atom stereocenters. The molecule has 0 aromatic heterocycles. The third-order valence-electron chi connectivity index (χ3n) is 5.69. The van der Waals surface area contributed by atoms with E-state index >= 15 is 0 Å². The highest BCUT2D eigenvalue weighted by atomic mass is 16.8. The van der Waals surface area contributed by atoms with E-state index < -0.39 is 12.1 Å². The zero-order valence-corrected chi connectivity index (χ0v) is 17.9. The molecule has 0 bridgehead atoms. The molecule has 5 rings (SSSR count). The van der Waals surface area contributed by atoms with E-state index in [9.17, 15) is 0 Å². The average molecular weight is 425 g/mol. The molecule has 0 aliphatic carbocycles. The summed E-state index contributed by atoms with van der Waals surface area (Å²) >= 11 is 0. The van der Waals surface area contributed by atoms with Gasteiger partial charge in [-0.2, -0.15) is 0 Å². The molecular formula is C24H27NO6. The van der Waals surface area contributed by atoms with Crippen molar-refractivity contribution in [2.45, 2.75) is 56.9 Å². The maximum atomic E-state index is 6.32. The average Bonchev–Trinajstić information content (AvgIpc) is 3.46. The topological polar surface area (TPSA) is 67.7 Å². The summed E-state index contributed by atoms with van der Waals surface area (Å²) < 4.78 is 36.0. The van der Waals surface area contributed by atoms with Gasteiger partial charge in [0.15, 0.2) is 12.1 Å². The van der Waals surface area contributed by atoms with E-state index in [2.05, 4.69) is 4.99 Å². The first-order valence-corrected chi connectivity index (χ1v) is 10.5. The summed E-state index contributed by atoms with van der Waals surface area (Å²) in [4.78, 5) is 4.60. The first-order valence-electron chi connectivity index (χ1n) is 10.5. The maximum absolute atomic E-state index is 6.32. The van der Waals surface area contributed by atoms with Crippen molar-refractivity contribution >= 4 is 5.90 Å². The molecule has 3 aliphatic heterocycles. The molecule has 0 spiro atoms. The highest BCUT2D eigenvalue weighted by Gasteiger charge is 2.58. The number of hydrogen-bond donors (Lipinski definition) is 0. The molecule has 3 heterocycles. The zero-order chi connectivity index (χ0) is 21.4. The molecule has 7 nitrogen and oxygen atoms in total. The molecular weight excluding hydrogens is 398 g/mol. The number of benzene rings is 2. The number of hydrogen-bond acceptors (Lipinski definition) is 7. The van der Waals surface area contributed by atoms with E-state index in [1.807, 2.05) is 68.4 Å². The van der Waals surface area contributed by atoms with Gasteiger partial charge in [-0.3, -0.25) is 0 Å². The van der Waals surface area contributed by atoms with Gasteiger partial charge in [-0.05, 0) is 43.7 Å².